The lowest BCUT2D eigenvalue weighted by molar-refractivity contribution is -0.111. The zero-order chi connectivity index (χ0) is 17.5. The zero-order valence-electron chi connectivity index (χ0n) is 14.1. The predicted molar refractivity (Wildman–Crippen MR) is 98.9 cm³/mol. The summed E-state index contributed by atoms with van der Waals surface area (Å²) in [5.41, 5.74) is 2.67. The fraction of sp³-hybridized carbons (Fsp3) is 0.286. The third kappa shape index (κ3) is 5.18. The molecule has 0 radical (unpaired) electrons. The summed E-state index contributed by atoms with van der Waals surface area (Å²) < 4.78 is 0. The van der Waals surface area contributed by atoms with E-state index < -0.39 is 0 Å². The number of anilines is 1. The fourth-order valence-electron chi connectivity index (χ4n) is 2.90. The molecular weight excluding hydrogens is 312 g/mol. The van der Waals surface area contributed by atoms with Gasteiger partial charge in [-0.05, 0) is 36.6 Å². The van der Waals surface area contributed by atoms with Crippen LogP contribution in [0.2, 0.25) is 0 Å². The summed E-state index contributed by atoms with van der Waals surface area (Å²) in [6, 6.07) is 17.3. The molecule has 1 aliphatic rings. The van der Waals surface area contributed by atoms with Crippen LogP contribution >= 0.6 is 0 Å². The van der Waals surface area contributed by atoms with Crippen molar-refractivity contribution >= 4 is 11.6 Å². The first-order valence-corrected chi connectivity index (χ1v) is 8.57. The maximum Gasteiger partial charge on any atom is 0.300 e. The van der Waals surface area contributed by atoms with E-state index in [4.69, 9.17) is 0 Å². The molecular formula is C21H22N2O2. The predicted octanol–water partition coefficient (Wildman–Crippen LogP) is 2.63. The number of aliphatic hydroxyl groups is 1. The van der Waals surface area contributed by atoms with Crippen LogP contribution in [0.4, 0.5) is 5.69 Å². The molecule has 1 heterocycles. The summed E-state index contributed by atoms with van der Waals surface area (Å²) in [4.78, 5) is 14.4. The quantitative estimate of drug-likeness (QED) is 0.849. The number of carbonyl (C=O) groups is 1. The number of nitrogens with one attached hydrogen (secondary N) is 1. The number of para-hydroxylation sites is 1. The lowest BCUT2D eigenvalue weighted by Gasteiger charge is -2.30. The Hall–Kier alpha value is -2.61. The zero-order valence-corrected chi connectivity index (χ0v) is 14.1. The Labute approximate surface area is 148 Å². The Balaban J connectivity index is 1.64. The number of benzene rings is 2. The van der Waals surface area contributed by atoms with Crippen LogP contribution in [-0.4, -0.2) is 35.1 Å². The second-order valence-electron chi connectivity index (χ2n) is 6.23. The topological polar surface area (TPSA) is 52.6 Å². The van der Waals surface area contributed by atoms with Crippen LogP contribution in [0.15, 0.2) is 54.6 Å². The number of amides is 1. The third-order valence-corrected chi connectivity index (χ3v) is 4.31. The van der Waals surface area contributed by atoms with Crippen LogP contribution in [0.1, 0.15) is 24.0 Å². The highest BCUT2D eigenvalue weighted by Gasteiger charge is 2.18. The van der Waals surface area contributed by atoms with Gasteiger partial charge in [0.05, 0.1) is 6.10 Å². The van der Waals surface area contributed by atoms with E-state index in [0.29, 0.717) is 0 Å². The van der Waals surface area contributed by atoms with Gasteiger partial charge in [-0.3, -0.25) is 9.69 Å². The number of hydrogen-bond acceptors (Lipinski definition) is 3. The molecule has 2 aromatic carbocycles. The molecule has 2 N–H and O–H groups in total. The molecule has 1 aliphatic heterocycles. The first-order valence-electron chi connectivity index (χ1n) is 8.57. The number of likely N-dealkylation sites (tertiary alicyclic amines) is 1. The number of rotatable bonds is 3. The van der Waals surface area contributed by atoms with E-state index in [0.717, 1.165) is 49.3 Å². The summed E-state index contributed by atoms with van der Waals surface area (Å²) in [6.45, 7) is 2.50. The van der Waals surface area contributed by atoms with E-state index >= 15 is 0 Å². The van der Waals surface area contributed by atoms with E-state index in [9.17, 15) is 9.90 Å². The van der Waals surface area contributed by atoms with E-state index in [1.807, 2.05) is 54.6 Å². The van der Waals surface area contributed by atoms with Gasteiger partial charge in [0, 0.05) is 36.8 Å². The van der Waals surface area contributed by atoms with Gasteiger partial charge in [-0.15, -0.1) is 0 Å². The standard InChI is InChI=1S/C21H22N2O2/c24-19-12-14-23(15-13-19)16-18-8-4-5-9-20(18)22-21(25)11-10-17-6-2-1-3-7-17/h1-9,19,24H,12-16H2,(H,22,25). The van der Waals surface area contributed by atoms with Gasteiger partial charge in [0.2, 0.25) is 0 Å². The Morgan fingerprint density at radius 3 is 2.52 bits per heavy atom. The minimum Gasteiger partial charge on any atom is -0.393 e. The minimum atomic E-state index is -0.314. The molecule has 0 unspecified atom stereocenters. The van der Waals surface area contributed by atoms with Crippen molar-refractivity contribution in [3.05, 3.63) is 65.7 Å². The van der Waals surface area contributed by atoms with Gasteiger partial charge in [0.25, 0.3) is 0 Å². The summed E-state index contributed by atoms with van der Waals surface area (Å²) in [5.74, 6) is 5.19. The van der Waals surface area contributed by atoms with Crippen LogP contribution in [0, 0.1) is 11.8 Å². The Morgan fingerprint density at radius 1 is 1.08 bits per heavy atom. The average molecular weight is 334 g/mol. The monoisotopic (exact) mass is 334 g/mol. The highest BCUT2D eigenvalue weighted by molar-refractivity contribution is 6.04. The van der Waals surface area contributed by atoms with Gasteiger partial charge in [-0.2, -0.15) is 0 Å². The molecule has 2 aromatic rings. The van der Waals surface area contributed by atoms with Crippen molar-refractivity contribution < 1.29 is 9.90 Å². The van der Waals surface area contributed by atoms with Gasteiger partial charge in [-0.25, -0.2) is 0 Å². The van der Waals surface area contributed by atoms with Crippen molar-refractivity contribution in [3.63, 3.8) is 0 Å². The molecule has 0 bridgehead atoms. The summed E-state index contributed by atoms with van der Waals surface area (Å²) in [6.07, 6.45) is 1.42. The van der Waals surface area contributed by atoms with Gasteiger partial charge in [-0.1, -0.05) is 42.3 Å². The van der Waals surface area contributed by atoms with Gasteiger partial charge < -0.3 is 10.4 Å². The van der Waals surface area contributed by atoms with E-state index in [1.165, 1.54) is 0 Å². The molecule has 1 amide bonds. The van der Waals surface area contributed by atoms with Crippen molar-refractivity contribution in [2.75, 3.05) is 18.4 Å². The van der Waals surface area contributed by atoms with Crippen LogP contribution in [0.25, 0.3) is 0 Å². The minimum absolute atomic E-state index is 0.181. The van der Waals surface area contributed by atoms with Crippen molar-refractivity contribution in [3.8, 4) is 11.8 Å². The molecule has 1 saturated heterocycles. The number of hydrogen-bond donors (Lipinski definition) is 2. The van der Waals surface area contributed by atoms with Crippen molar-refractivity contribution in [2.45, 2.75) is 25.5 Å². The molecule has 0 atom stereocenters. The maximum absolute atomic E-state index is 12.1. The van der Waals surface area contributed by atoms with E-state index in [-0.39, 0.29) is 12.0 Å². The van der Waals surface area contributed by atoms with Crippen molar-refractivity contribution in [2.24, 2.45) is 0 Å². The largest absolute Gasteiger partial charge is 0.393 e. The average Bonchev–Trinajstić information content (AvgIpc) is 2.64. The molecule has 25 heavy (non-hydrogen) atoms. The van der Waals surface area contributed by atoms with Gasteiger partial charge in [0.1, 0.15) is 0 Å². The van der Waals surface area contributed by atoms with Crippen LogP contribution in [0.5, 0.6) is 0 Å². The number of aliphatic hydroxyl groups excluding tert-OH is 1. The number of carbonyl (C=O) groups excluding carboxylic acids is 1. The smallest absolute Gasteiger partial charge is 0.300 e. The molecule has 0 spiro atoms. The molecule has 0 aromatic heterocycles. The molecule has 4 heteroatoms. The Bertz CT molecular complexity index is 769. The fourth-order valence-corrected chi connectivity index (χ4v) is 2.90. The number of piperidine rings is 1. The molecule has 1 fully saturated rings. The normalized spacial score (nSPS) is 15.2. The third-order valence-electron chi connectivity index (χ3n) is 4.31. The molecule has 3 rings (SSSR count). The van der Waals surface area contributed by atoms with E-state index in [1.54, 1.807) is 0 Å². The maximum atomic E-state index is 12.1. The first-order chi connectivity index (χ1) is 12.2. The van der Waals surface area contributed by atoms with Crippen molar-refractivity contribution in [1.29, 1.82) is 0 Å². The Morgan fingerprint density at radius 2 is 1.76 bits per heavy atom. The lowest BCUT2D eigenvalue weighted by atomic mass is 10.1. The highest BCUT2D eigenvalue weighted by Crippen LogP contribution is 2.20. The summed E-state index contributed by atoms with van der Waals surface area (Å²) in [5, 5.41) is 12.5. The lowest BCUT2D eigenvalue weighted by Crippen LogP contribution is -2.35. The van der Waals surface area contributed by atoms with Crippen LogP contribution in [-0.2, 0) is 11.3 Å². The summed E-state index contributed by atoms with van der Waals surface area (Å²) in [7, 11) is 0. The molecule has 128 valence electrons. The Kier molecular flexibility index (Phi) is 5.84. The summed E-state index contributed by atoms with van der Waals surface area (Å²) >= 11 is 0. The highest BCUT2D eigenvalue weighted by atomic mass is 16.3. The molecule has 0 aliphatic carbocycles. The number of nitrogens with zero attached hydrogens (tertiary/aromatic N) is 1. The van der Waals surface area contributed by atoms with E-state index in [2.05, 4.69) is 22.1 Å². The SMILES string of the molecule is O=C(C#Cc1ccccc1)Nc1ccccc1CN1CCC(O)CC1. The first kappa shape index (κ1) is 17.2. The molecule has 4 nitrogen and oxygen atoms in total. The van der Waals surface area contributed by atoms with Gasteiger partial charge in [0.15, 0.2) is 0 Å². The van der Waals surface area contributed by atoms with Crippen molar-refractivity contribution in [1.82, 2.24) is 4.90 Å². The second-order valence-corrected chi connectivity index (χ2v) is 6.23. The van der Waals surface area contributed by atoms with Crippen LogP contribution in [0.3, 0.4) is 0 Å². The second kappa shape index (κ2) is 8.48. The van der Waals surface area contributed by atoms with Crippen LogP contribution < -0.4 is 5.32 Å². The molecule has 0 saturated carbocycles. The van der Waals surface area contributed by atoms with Gasteiger partial charge >= 0.3 is 5.91 Å².